The molecule has 1 fully saturated rings. The van der Waals surface area contributed by atoms with Gasteiger partial charge in [-0.1, -0.05) is 17.7 Å². The van der Waals surface area contributed by atoms with Crippen molar-refractivity contribution in [1.82, 2.24) is 4.90 Å². The van der Waals surface area contributed by atoms with Crippen molar-refractivity contribution in [3.05, 3.63) is 53.1 Å². The van der Waals surface area contributed by atoms with E-state index in [0.29, 0.717) is 29.6 Å². The van der Waals surface area contributed by atoms with Gasteiger partial charge in [0.15, 0.2) is 0 Å². The molecular formula is C20H23ClN2O4. The summed E-state index contributed by atoms with van der Waals surface area (Å²) in [6.07, 6.45) is 0. The van der Waals surface area contributed by atoms with Crippen LogP contribution in [0.4, 0.5) is 5.69 Å². The molecule has 1 aliphatic heterocycles. The Morgan fingerprint density at radius 3 is 2.52 bits per heavy atom. The number of hydrogen-bond donors (Lipinski definition) is 1. The molecule has 0 unspecified atom stereocenters. The summed E-state index contributed by atoms with van der Waals surface area (Å²) >= 11 is 5.94. The second kappa shape index (κ2) is 8.61. The van der Waals surface area contributed by atoms with E-state index in [1.165, 1.54) is 0 Å². The normalized spacial score (nSPS) is 17.9. The number of benzene rings is 2. The van der Waals surface area contributed by atoms with Gasteiger partial charge in [-0.15, -0.1) is 0 Å². The minimum absolute atomic E-state index is 0.0601. The topological polar surface area (TPSA) is 62.2 Å². The molecule has 7 heteroatoms. The number of carbonyl (C=O) groups excluding carboxylic acids is 1. The van der Waals surface area contributed by atoms with Gasteiger partial charge in [0.25, 0.3) is 0 Å². The first-order chi connectivity index (χ1) is 13.0. The Bertz CT molecular complexity index is 797. The molecule has 0 aromatic heterocycles. The van der Waals surface area contributed by atoms with Crippen LogP contribution in [0.2, 0.25) is 5.02 Å². The summed E-state index contributed by atoms with van der Waals surface area (Å²) in [5, 5.41) is 10.5. The van der Waals surface area contributed by atoms with E-state index in [2.05, 4.69) is 0 Å². The maximum absolute atomic E-state index is 12.8. The first-order valence-corrected chi connectivity index (χ1v) is 9.05. The van der Waals surface area contributed by atoms with Gasteiger partial charge in [0.05, 0.1) is 33.4 Å². The number of piperazine rings is 1. The van der Waals surface area contributed by atoms with Gasteiger partial charge in [0, 0.05) is 35.4 Å². The van der Waals surface area contributed by atoms with E-state index in [4.69, 9.17) is 21.1 Å². The van der Waals surface area contributed by atoms with Crippen molar-refractivity contribution in [2.24, 2.45) is 0 Å². The fraction of sp³-hybridized carbons (Fsp3) is 0.350. The Balaban J connectivity index is 1.77. The second-order valence-electron chi connectivity index (χ2n) is 6.42. The van der Waals surface area contributed by atoms with Crippen molar-refractivity contribution in [2.75, 3.05) is 38.8 Å². The van der Waals surface area contributed by atoms with Crippen LogP contribution in [-0.2, 0) is 11.3 Å². The maximum Gasteiger partial charge on any atom is 0.241 e. The van der Waals surface area contributed by atoms with Crippen LogP contribution in [-0.4, -0.2) is 55.9 Å². The minimum Gasteiger partial charge on any atom is -0.497 e. The summed E-state index contributed by atoms with van der Waals surface area (Å²) in [7, 11) is 3.22. The molecule has 0 spiro atoms. The van der Waals surface area contributed by atoms with E-state index in [0.717, 1.165) is 11.3 Å². The number of halogens is 1. The highest BCUT2D eigenvalue weighted by molar-refractivity contribution is 6.30. The fourth-order valence-electron chi connectivity index (χ4n) is 3.36. The molecular weight excluding hydrogens is 368 g/mol. The van der Waals surface area contributed by atoms with Crippen LogP contribution >= 0.6 is 11.6 Å². The molecule has 1 atom stereocenters. The van der Waals surface area contributed by atoms with E-state index < -0.39 is 0 Å². The average molecular weight is 391 g/mol. The Hall–Kier alpha value is -2.28. The van der Waals surface area contributed by atoms with Crippen molar-refractivity contribution in [1.29, 1.82) is 0 Å². The van der Waals surface area contributed by atoms with Gasteiger partial charge in [-0.2, -0.15) is 0 Å². The molecule has 6 nitrogen and oxygen atoms in total. The molecule has 0 aliphatic carbocycles. The molecule has 144 valence electrons. The number of amides is 1. The van der Waals surface area contributed by atoms with Crippen LogP contribution in [0, 0.1) is 0 Å². The molecule has 1 N–H and O–H groups in total. The van der Waals surface area contributed by atoms with Crippen molar-refractivity contribution in [2.45, 2.75) is 12.6 Å². The summed E-state index contributed by atoms with van der Waals surface area (Å²) in [5.41, 5.74) is 1.70. The molecule has 1 saturated heterocycles. The molecule has 1 heterocycles. The zero-order valence-electron chi connectivity index (χ0n) is 15.4. The molecule has 1 amide bonds. The Kier molecular flexibility index (Phi) is 6.21. The summed E-state index contributed by atoms with van der Waals surface area (Å²) in [5.74, 6) is 1.37. The van der Waals surface area contributed by atoms with Crippen molar-refractivity contribution in [3.8, 4) is 11.5 Å². The molecule has 1 aliphatic rings. The Morgan fingerprint density at radius 2 is 1.89 bits per heavy atom. The van der Waals surface area contributed by atoms with E-state index in [1.807, 2.05) is 23.1 Å². The summed E-state index contributed by atoms with van der Waals surface area (Å²) in [6.45, 7) is 1.24. The molecule has 0 bridgehead atoms. The number of hydrogen-bond acceptors (Lipinski definition) is 5. The van der Waals surface area contributed by atoms with Gasteiger partial charge >= 0.3 is 0 Å². The molecule has 0 radical (unpaired) electrons. The number of ether oxygens (including phenoxy) is 2. The van der Waals surface area contributed by atoms with Crippen molar-refractivity contribution in [3.63, 3.8) is 0 Å². The largest absolute Gasteiger partial charge is 0.497 e. The van der Waals surface area contributed by atoms with E-state index in [9.17, 15) is 9.90 Å². The highest BCUT2D eigenvalue weighted by Crippen LogP contribution is 2.28. The van der Waals surface area contributed by atoms with E-state index in [-0.39, 0.29) is 25.1 Å². The SMILES string of the molecule is COc1ccc(CN2CC(=O)N(c3ccc(Cl)cc3)[C@@H](CO)C2)c(OC)c1. The zero-order valence-corrected chi connectivity index (χ0v) is 16.1. The smallest absolute Gasteiger partial charge is 0.241 e. The first kappa shape index (κ1) is 19.5. The Morgan fingerprint density at radius 1 is 1.15 bits per heavy atom. The number of aliphatic hydroxyl groups excluding tert-OH is 1. The van der Waals surface area contributed by atoms with Crippen LogP contribution in [0.1, 0.15) is 5.56 Å². The fourth-order valence-corrected chi connectivity index (χ4v) is 3.48. The van der Waals surface area contributed by atoms with Crippen LogP contribution < -0.4 is 14.4 Å². The predicted molar refractivity (Wildman–Crippen MR) is 105 cm³/mol. The maximum atomic E-state index is 12.8. The monoisotopic (exact) mass is 390 g/mol. The number of aliphatic hydroxyl groups is 1. The van der Waals surface area contributed by atoms with Crippen LogP contribution in [0.5, 0.6) is 11.5 Å². The quantitative estimate of drug-likeness (QED) is 0.821. The lowest BCUT2D eigenvalue weighted by Gasteiger charge is -2.40. The molecule has 27 heavy (non-hydrogen) atoms. The number of anilines is 1. The van der Waals surface area contributed by atoms with Crippen molar-refractivity contribution >= 4 is 23.2 Å². The second-order valence-corrected chi connectivity index (χ2v) is 6.86. The van der Waals surface area contributed by atoms with Gasteiger partial charge in [-0.25, -0.2) is 0 Å². The summed E-state index contributed by atoms with van der Waals surface area (Å²) < 4.78 is 10.7. The van der Waals surface area contributed by atoms with Gasteiger partial charge in [-0.3, -0.25) is 9.69 Å². The third-order valence-corrected chi connectivity index (χ3v) is 4.92. The zero-order chi connectivity index (χ0) is 19.4. The standard InChI is InChI=1S/C20H23ClN2O4/c1-26-18-8-3-14(19(9-18)27-2)10-22-11-17(13-24)23(20(25)12-22)16-6-4-15(21)5-7-16/h3-9,17,24H,10-13H2,1-2H3/t17-/m1/s1. The number of carbonyl (C=O) groups is 1. The predicted octanol–water partition coefficient (Wildman–Crippen LogP) is 2.57. The van der Waals surface area contributed by atoms with Crippen LogP contribution in [0.15, 0.2) is 42.5 Å². The molecule has 2 aromatic rings. The van der Waals surface area contributed by atoms with Crippen molar-refractivity contribution < 1.29 is 19.4 Å². The molecule has 2 aromatic carbocycles. The number of nitrogens with zero attached hydrogens (tertiary/aromatic N) is 2. The lowest BCUT2D eigenvalue weighted by Crippen LogP contribution is -2.57. The van der Waals surface area contributed by atoms with Crippen LogP contribution in [0.25, 0.3) is 0 Å². The Labute approximate surface area is 163 Å². The lowest BCUT2D eigenvalue weighted by molar-refractivity contribution is -0.122. The lowest BCUT2D eigenvalue weighted by atomic mass is 10.1. The third-order valence-electron chi connectivity index (χ3n) is 4.67. The summed E-state index contributed by atoms with van der Waals surface area (Å²) in [4.78, 5) is 16.5. The highest BCUT2D eigenvalue weighted by atomic mass is 35.5. The average Bonchev–Trinajstić information content (AvgIpc) is 2.68. The van der Waals surface area contributed by atoms with Crippen LogP contribution in [0.3, 0.4) is 0 Å². The minimum atomic E-state index is -0.323. The van der Waals surface area contributed by atoms with Gasteiger partial charge in [0.1, 0.15) is 11.5 Å². The molecule has 3 rings (SSSR count). The highest BCUT2D eigenvalue weighted by Gasteiger charge is 2.33. The van der Waals surface area contributed by atoms with E-state index >= 15 is 0 Å². The van der Waals surface area contributed by atoms with Gasteiger partial charge in [-0.05, 0) is 30.3 Å². The molecule has 0 saturated carbocycles. The third kappa shape index (κ3) is 4.35. The number of methoxy groups -OCH3 is 2. The first-order valence-electron chi connectivity index (χ1n) is 8.67. The number of rotatable bonds is 6. The van der Waals surface area contributed by atoms with E-state index in [1.54, 1.807) is 43.4 Å². The van der Waals surface area contributed by atoms with Gasteiger partial charge < -0.3 is 19.5 Å². The summed E-state index contributed by atoms with van der Waals surface area (Å²) in [6, 6.07) is 12.4. The van der Waals surface area contributed by atoms with Gasteiger partial charge in [0.2, 0.25) is 5.91 Å².